The lowest BCUT2D eigenvalue weighted by Crippen LogP contribution is -2.41. The van der Waals surface area contributed by atoms with Gasteiger partial charge in [-0.2, -0.15) is 0 Å². The van der Waals surface area contributed by atoms with Crippen molar-refractivity contribution in [2.45, 2.75) is 18.9 Å². The molecule has 116 valence electrons. The Morgan fingerprint density at radius 2 is 2.00 bits per heavy atom. The van der Waals surface area contributed by atoms with Gasteiger partial charge >= 0.3 is 0 Å². The van der Waals surface area contributed by atoms with E-state index < -0.39 is 0 Å². The minimum atomic E-state index is 0.194. The molecule has 3 aromatic rings. The van der Waals surface area contributed by atoms with E-state index in [1.165, 1.54) is 11.1 Å². The molecule has 0 radical (unpaired) electrons. The molecular formula is C19H19N3O. The summed E-state index contributed by atoms with van der Waals surface area (Å²) in [5.74, 6) is 0.846. The summed E-state index contributed by atoms with van der Waals surface area (Å²) in [5, 5.41) is 1.21. The second-order valence-electron chi connectivity index (χ2n) is 5.86. The van der Waals surface area contributed by atoms with Crippen LogP contribution in [-0.2, 0) is 0 Å². The fourth-order valence-electron chi connectivity index (χ4n) is 3.22. The maximum absolute atomic E-state index is 6.10. The molecule has 1 aliphatic heterocycles. The van der Waals surface area contributed by atoms with Crippen LogP contribution in [0.4, 0.5) is 5.69 Å². The van der Waals surface area contributed by atoms with E-state index in [4.69, 9.17) is 4.74 Å². The predicted molar refractivity (Wildman–Crippen MR) is 91.8 cm³/mol. The molecule has 23 heavy (non-hydrogen) atoms. The number of pyridine rings is 2. The zero-order valence-electron chi connectivity index (χ0n) is 12.9. The van der Waals surface area contributed by atoms with E-state index in [1.807, 2.05) is 24.4 Å². The van der Waals surface area contributed by atoms with E-state index >= 15 is 0 Å². The smallest absolute Gasteiger partial charge is 0.138 e. The van der Waals surface area contributed by atoms with Gasteiger partial charge in [0.05, 0.1) is 18.3 Å². The van der Waals surface area contributed by atoms with Gasteiger partial charge in [0.15, 0.2) is 0 Å². The SMILES string of the molecule is c1cncc(OC2CCCN(c3ccnc4ccccc34)C2)c1. The fourth-order valence-corrected chi connectivity index (χ4v) is 3.22. The maximum Gasteiger partial charge on any atom is 0.138 e. The van der Waals surface area contributed by atoms with Gasteiger partial charge in [0.25, 0.3) is 0 Å². The monoisotopic (exact) mass is 305 g/mol. The van der Waals surface area contributed by atoms with Crippen LogP contribution < -0.4 is 9.64 Å². The van der Waals surface area contributed by atoms with E-state index in [-0.39, 0.29) is 6.10 Å². The highest BCUT2D eigenvalue weighted by molar-refractivity contribution is 5.91. The third-order valence-corrected chi connectivity index (χ3v) is 4.28. The second-order valence-corrected chi connectivity index (χ2v) is 5.86. The van der Waals surface area contributed by atoms with Crippen molar-refractivity contribution in [2.24, 2.45) is 0 Å². The average Bonchev–Trinajstić information content (AvgIpc) is 2.62. The molecule has 4 rings (SSSR count). The van der Waals surface area contributed by atoms with Gasteiger partial charge < -0.3 is 9.64 Å². The topological polar surface area (TPSA) is 38.2 Å². The molecule has 0 saturated carbocycles. The van der Waals surface area contributed by atoms with Crippen molar-refractivity contribution in [1.29, 1.82) is 0 Å². The first-order chi connectivity index (χ1) is 11.4. The summed E-state index contributed by atoms with van der Waals surface area (Å²) in [4.78, 5) is 11.0. The van der Waals surface area contributed by atoms with Gasteiger partial charge in [-0.1, -0.05) is 18.2 Å². The number of aromatic nitrogens is 2. The molecule has 0 spiro atoms. The van der Waals surface area contributed by atoms with Crippen molar-refractivity contribution < 1.29 is 4.74 Å². The second kappa shape index (κ2) is 6.24. The van der Waals surface area contributed by atoms with E-state index in [0.717, 1.165) is 37.2 Å². The van der Waals surface area contributed by atoms with E-state index in [2.05, 4.69) is 39.1 Å². The van der Waals surface area contributed by atoms with Gasteiger partial charge in [-0.15, -0.1) is 0 Å². The number of para-hydroxylation sites is 1. The van der Waals surface area contributed by atoms with Crippen molar-refractivity contribution in [1.82, 2.24) is 9.97 Å². The Labute approximate surface area is 135 Å². The quantitative estimate of drug-likeness (QED) is 0.740. The van der Waals surface area contributed by atoms with Gasteiger partial charge in [0, 0.05) is 30.0 Å². The number of hydrogen-bond acceptors (Lipinski definition) is 4. The molecule has 1 aromatic carbocycles. The van der Waals surface area contributed by atoms with Crippen LogP contribution in [0.2, 0.25) is 0 Å². The van der Waals surface area contributed by atoms with Crippen LogP contribution in [0, 0.1) is 0 Å². The number of anilines is 1. The molecular weight excluding hydrogens is 286 g/mol. The molecule has 2 aromatic heterocycles. The number of benzene rings is 1. The van der Waals surface area contributed by atoms with Crippen molar-refractivity contribution in [2.75, 3.05) is 18.0 Å². The zero-order valence-corrected chi connectivity index (χ0v) is 12.9. The summed E-state index contributed by atoms with van der Waals surface area (Å²) in [6.07, 6.45) is 7.84. The summed E-state index contributed by atoms with van der Waals surface area (Å²) in [5.41, 5.74) is 2.29. The Balaban J connectivity index is 1.57. The van der Waals surface area contributed by atoms with Crippen LogP contribution in [0.15, 0.2) is 61.1 Å². The largest absolute Gasteiger partial charge is 0.487 e. The maximum atomic E-state index is 6.10. The first kappa shape index (κ1) is 14.0. The molecule has 4 heteroatoms. The standard InChI is InChI=1S/C19H19N3O/c1-2-8-18-17(7-1)19(9-11-21-18)22-12-4-6-16(14-22)23-15-5-3-10-20-13-15/h1-3,5,7-11,13,16H,4,6,12,14H2. The van der Waals surface area contributed by atoms with Crippen LogP contribution in [0.3, 0.4) is 0 Å². The van der Waals surface area contributed by atoms with Crippen molar-refractivity contribution in [3.63, 3.8) is 0 Å². The Morgan fingerprint density at radius 3 is 2.91 bits per heavy atom. The van der Waals surface area contributed by atoms with Crippen molar-refractivity contribution in [3.8, 4) is 5.75 Å². The molecule has 1 saturated heterocycles. The number of piperidine rings is 1. The normalized spacial score (nSPS) is 18.1. The number of ether oxygens (including phenoxy) is 1. The lowest BCUT2D eigenvalue weighted by atomic mass is 10.1. The third kappa shape index (κ3) is 2.97. The Kier molecular flexibility index (Phi) is 3.80. The third-order valence-electron chi connectivity index (χ3n) is 4.28. The molecule has 4 nitrogen and oxygen atoms in total. The number of hydrogen-bond donors (Lipinski definition) is 0. The van der Waals surface area contributed by atoms with Crippen LogP contribution >= 0.6 is 0 Å². The average molecular weight is 305 g/mol. The van der Waals surface area contributed by atoms with Gasteiger partial charge in [-0.3, -0.25) is 9.97 Å². The molecule has 0 N–H and O–H groups in total. The summed E-state index contributed by atoms with van der Waals surface area (Å²) in [6.45, 7) is 1.95. The molecule has 1 fully saturated rings. The molecule has 0 amide bonds. The predicted octanol–water partition coefficient (Wildman–Crippen LogP) is 3.68. The van der Waals surface area contributed by atoms with Gasteiger partial charge in [-0.25, -0.2) is 0 Å². The molecule has 0 bridgehead atoms. The van der Waals surface area contributed by atoms with E-state index in [0.29, 0.717) is 0 Å². The Morgan fingerprint density at radius 1 is 1.04 bits per heavy atom. The van der Waals surface area contributed by atoms with E-state index in [9.17, 15) is 0 Å². The van der Waals surface area contributed by atoms with Gasteiger partial charge in [-0.05, 0) is 37.1 Å². The Bertz CT molecular complexity index is 785. The van der Waals surface area contributed by atoms with Crippen LogP contribution in [0.1, 0.15) is 12.8 Å². The fraction of sp³-hybridized carbons (Fsp3) is 0.263. The number of nitrogens with zero attached hydrogens (tertiary/aromatic N) is 3. The number of rotatable bonds is 3. The van der Waals surface area contributed by atoms with Crippen LogP contribution in [0.5, 0.6) is 5.75 Å². The number of fused-ring (bicyclic) bond motifs is 1. The highest BCUT2D eigenvalue weighted by Crippen LogP contribution is 2.28. The van der Waals surface area contributed by atoms with Gasteiger partial charge in [0.2, 0.25) is 0 Å². The summed E-state index contributed by atoms with van der Waals surface area (Å²) in [7, 11) is 0. The minimum Gasteiger partial charge on any atom is -0.487 e. The molecule has 1 aliphatic rings. The summed E-state index contributed by atoms with van der Waals surface area (Å²) < 4.78 is 6.10. The van der Waals surface area contributed by atoms with Crippen molar-refractivity contribution in [3.05, 3.63) is 61.1 Å². The summed E-state index contributed by atoms with van der Waals surface area (Å²) in [6, 6.07) is 14.3. The van der Waals surface area contributed by atoms with Crippen LogP contribution in [0.25, 0.3) is 10.9 Å². The lowest BCUT2D eigenvalue weighted by Gasteiger charge is -2.35. The zero-order chi connectivity index (χ0) is 15.5. The lowest BCUT2D eigenvalue weighted by molar-refractivity contribution is 0.179. The van der Waals surface area contributed by atoms with Crippen LogP contribution in [-0.4, -0.2) is 29.2 Å². The first-order valence-electron chi connectivity index (χ1n) is 8.05. The molecule has 0 aliphatic carbocycles. The Hall–Kier alpha value is -2.62. The molecule has 1 unspecified atom stereocenters. The first-order valence-corrected chi connectivity index (χ1v) is 8.05. The highest BCUT2D eigenvalue weighted by atomic mass is 16.5. The van der Waals surface area contributed by atoms with E-state index in [1.54, 1.807) is 12.4 Å². The minimum absolute atomic E-state index is 0.194. The summed E-state index contributed by atoms with van der Waals surface area (Å²) >= 11 is 0. The van der Waals surface area contributed by atoms with Gasteiger partial charge in [0.1, 0.15) is 11.9 Å². The molecule has 1 atom stereocenters. The van der Waals surface area contributed by atoms with Crippen molar-refractivity contribution >= 4 is 16.6 Å². The highest BCUT2D eigenvalue weighted by Gasteiger charge is 2.22. The molecule has 3 heterocycles.